The Morgan fingerprint density at radius 3 is 2.73 bits per heavy atom. The van der Waals surface area contributed by atoms with Crippen LogP contribution in [0.1, 0.15) is 4.88 Å². The van der Waals surface area contributed by atoms with Crippen LogP contribution < -0.4 is 10.9 Å². The van der Waals surface area contributed by atoms with E-state index in [0.29, 0.717) is 30.7 Å². The molecule has 0 spiro atoms. The number of rotatable bonds is 8. The maximum atomic E-state index is 13.1. The van der Waals surface area contributed by atoms with E-state index in [2.05, 4.69) is 10.3 Å². The summed E-state index contributed by atoms with van der Waals surface area (Å²) in [5.74, 6) is -0.161. The number of carbonyl (C=O) groups excluding carboxylic acids is 1. The fourth-order valence-corrected chi connectivity index (χ4v) is 3.97. The number of hydrogen-bond donors (Lipinski definition) is 1. The van der Waals surface area contributed by atoms with Crippen LogP contribution in [0.4, 0.5) is 0 Å². The van der Waals surface area contributed by atoms with Crippen LogP contribution in [0.25, 0.3) is 22.2 Å². The first kappa shape index (κ1) is 20.1. The summed E-state index contributed by atoms with van der Waals surface area (Å²) in [6.07, 6.45) is 3.37. The van der Waals surface area contributed by atoms with Crippen molar-refractivity contribution >= 4 is 28.3 Å². The summed E-state index contributed by atoms with van der Waals surface area (Å²) in [5, 5.41) is 4.89. The highest BCUT2D eigenvalue weighted by Gasteiger charge is 2.18. The second-order valence-electron chi connectivity index (χ2n) is 6.83. The number of nitrogens with zero attached hydrogens (tertiary/aromatic N) is 3. The number of ether oxygens (including phenoxy) is 1. The first-order valence-electron chi connectivity index (χ1n) is 9.59. The number of methoxy groups -OCH3 is 1. The smallest absolute Gasteiger partial charge is 0.277 e. The molecule has 0 bridgehead atoms. The molecule has 30 heavy (non-hydrogen) atoms. The molecule has 1 amide bonds. The molecule has 1 aromatic carbocycles. The molecular formula is C22H22N4O3S. The molecule has 0 aliphatic rings. The maximum Gasteiger partial charge on any atom is 0.277 e. The van der Waals surface area contributed by atoms with E-state index >= 15 is 0 Å². The van der Waals surface area contributed by atoms with Gasteiger partial charge in [-0.2, -0.15) is 0 Å². The van der Waals surface area contributed by atoms with Gasteiger partial charge in [0, 0.05) is 23.7 Å². The molecule has 3 aromatic heterocycles. The number of fused-ring (bicyclic) bond motifs is 1. The summed E-state index contributed by atoms with van der Waals surface area (Å²) >= 11 is 1.59. The highest BCUT2D eigenvalue weighted by molar-refractivity contribution is 7.09. The van der Waals surface area contributed by atoms with Gasteiger partial charge in [-0.05, 0) is 17.0 Å². The lowest BCUT2D eigenvalue weighted by Crippen LogP contribution is -2.29. The predicted octanol–water partition coefficient (Wildman–Crippen LogP) is 2.89. The summed E-state index contributed by atoms with van der Waals surface area (Å²) < 4.78 is 8.30. The van der Waals surface area contributed by atoms with Crippen molar-refractivity contribution in [2.75, 3.05) is 13.7 Å². The average molecular weight is 423 g/mol. The minimum Gasteiger partial charge on any atom is -0.383 e. The van der Waals surface area contributed by atoms with Gasteiger partial charge < -0.3 is 14.6 Å². The number of thiophene rings is 1. The monoisotopic (exact) mass is 422 g/mol. The number of amides is 1. The normalized spacial score (nSPS) is 11.1. The SMILES string of the molecule is COCCn1cnc2c(-c3ccccc3)cn(CC(=O)NCc3cccs3)c2c1=O. The molecular weight excluding hydrogens is 400 g/mol. The molecule has 0 atom stereocenters. The fraction of sp³-hybridized carbons (Fsp3) is 0.227. The van der Waals surface area contributed by atoms with E-state index in [1.54, 1.807) is 23.0 Å². The van der Waals surface area contributed by atoms with Crippen molar-refractivity contribution in [2.24, 2.45) is 0 Å². The molecule has 0 saturated carbocycles. The van der Waals surface area contributed by atoms with E-state index in [4.69, 9.17) is 4.74 Å². The lowest BCUT2D eigenvalue weighted by Gasteiger charge is -2.08. The molecule has 0 saturated heterocycles. The Morgan fingerprint density at radius 1 is 1.17 bits per heavy atom. The molecule has 8 heteroatoms. The van der Waals surface area contributed by atoms with Crippen LogP contribution >= 0.6 is 11.3 Å². The zero-order valence-corrected chi connectivity index (χ0v) is 17.4. The largest absolute Gasteiger partial charge is 0.383 e. The van der Waals surface area contributed by atoms with Crippen LogP contribution in [0, 0.1) is 0 Å². The lowest BCUT2D eigenvalue weighted by molar-refractivity contribution is -0.121. The third-order valence-corrected chi connectivity index (χ3v) is 5.69. The van der Waals surface area contributed by atoms with E-state index in [0.717, 1.165) is 16.0 Å². The van der Waals surface area contributed by atoms with Crippen molar-refractivity contribution in [3.05, 3.63) is 75.6 Å². The second-order valence-corrected chi connectivity index (χ2v) is 7.86. The molecule has 0 aliphatic heterocycles. The van der Waals surface area contributed by atoms with Crippen molar-refractivity contribution in [3.8, 4) is 11.1 Å². The Bertz CT molecular complexity index is 1200. The molecule has 0 unspecified atom stereocenters. The van der Waals surface area contributed by atoms with Gasteiger partial charge in [0.25, 0.3) is 5.56 Å². The molecule has 3 heterocycles. The molecule has 7 nitrogen and oxygen atoms in total. The predicted molar refractivity (Wildman–Crippen MR) is 117 cm³/mol. The Balaban J connectivity index is 1.71. The number of aromatic nitrogens is 3. The third kappa shape index (κ3) is 4.19. The van der Waals surface area contributed by atoms with Crippen molar-refractivity contribution < 1.29 is 9.53 Å². The first-order valence-corrected chi connectivity index (χ1v) is 10.5. The first-order chi connectivity index (χ1) is 14.7. The maximum absolute atomic E-state index is 13.1. The second kappa shape index (κ2) is 9.06. The van der Waals surface area contributed by atoms with Crippen molar-refractivity contribution in [3.63, 3.8) is 0 Å². The summed E-state index contributed by atoms with van der Waals surface area (Å²) in [6, 6.07) is 13.7. The molecule has 1 N–H and O–H groups in total. The topological polar surface area (TPSA) is 78.2 Å². The Kier molecular flexibility index (Phi) is 6.06. The van der Waals surface area contributed by atoms with E-state index in [9.17, 15) is 9.59 Å². The highest BCUT2D eigenvalue weighted by Crippen LogP contribution is 2.27. The van der Waals surface area contributed by atoms with Crippen LogP contribution in [-0.4, -0.2) is 33.7 Å². The highest BCUT2D eigenvalue weighted by atomic mass is 32.1. The van der Waals surface area contributed by atoms with Crippen LogP contribution in [0.2, 0.25) is 0 Å². The molecule has 154 valence electrons. The average Bonchev–Trinajstić information content (AvgIpc) is 3.41. The van der Waals surface area contributed by atoms with Gasteiger partial charge in [0.1, 0.15) is 17.6 Å². The van der Waals surface area contributed by atoms with Gasteiger partial charge in [0.05, 0.1) is 26.0 Å². The standard InChI is InChI=1S/C22H22N4O3S/c1-29-10-9-25-15-24-20-18(16-6-3-2-4-7-16)13-26(21(20)22(25)28)14-19(27)23-12-17-8-5-11-30-17/h2-8,11,13,15H,9-10,12,14H2,1H3,(H,23,27). The summed E-state index contributed by atoms with van der Waals surface area (Å²) in [6.45, 7) is 1.31. The van der Waals surface area contributed by atoms with Crippen LogP contribution in [0.15, 0.2) is 65.2 Å². The van der Waals surface area contributed by atoms with E-state index < -0.39 is 0 Å². The number of hydrogen-bond acceptors (Lipinski definition) is 5. The zero-order valence-electron chi connectivity index (χ0n) is 16.6. The van der Waals surface area contributed by atoms with Crippen molar-refractivity contribution in [2.45, 2.75) is 19.6 Å². The fourth-order valence-electron chi connectivity index (χ4n) is 3.33. The summed E-state index contributed by atoms with van der Waals surface area (Å²) in [7, 11) is 1.59. The van der Waals surface area contributed by atoms with Gasteiger partial charge in [-0.25, -0.2) is 4.98 Å². The third-order valence-electron chi connectivity index (χ3n) is 4.82. The van der Waals surface area contributed by atoms with Crippen molar-refractivity contribution in [1.82, 2.24) is 19.4 Å². The summed E-state index contributed by atoms with van der Waals surface area (Å²) in [4.78, 5) is 31.4. The van der Waals surface area contributed by atoms with E-state index in [1.165, 1.54) is 10.9 Å². The van der Waals surface area contributed by atoms with Crippen molar-refractivity contribution in [1.29, 1.82) is 0 Å². The van der Waals surface area contributed by atoms with Gasteiger partial charge in [-0.1, -0.05) is 36.4 Å². The molecule has 0 fully saturated rings. The van der Waals surface area contributed by atoms with Gasteiger partial charge in [0.15, 0.2) is 0 Å². The molecule has 4 rings (SSSR count). The van der Waals surface area contributed by atoms with Gasteiger partial charge in [-0.15, -0.1) is 11.3 Å². The number of nitrogens with one attached hydrogen (secondary N) is 1. The molecule has 4 aromatic rings. The molecule has 0 radical (unpaired) electrons. The Hall–Kier alpha value is -3.23. The Morgan fingerprint density at radius 2 is 2.00 bits per heavy atom. The van der Waals surface area contributed by atoms with E-state index in [-0.39, 0.29) is 18.0 Å². The van der Waals surface area contributed by atoms with Gasteiger partial charge >= 0.3 is 0 Å². The quantitative estimate of drug-likeness (QED) is 0.474. The van der Waals surface area contributed by atoms with Crippen LogP contribution in [-0.2, 0) is 29.2 Å². The number of carbonyl (C=O) groups is 1. The lowest BCUT2D eigenvalue weighted by atomic mass is 10.1. The van der Waals surface area contributed by atoms with Crippen LogP contribution in [0.5, 0.6) is 0 Å². The zero-order chi connectivity index (χ0) is 20.9. The van der Waals surface area contributed by atoms with E-state index in [1.807, 2.05) is 54.0 Å². The van der Waals surface area contributed by atoms with Crippen LogP contribution in [0.3, 0.4) is 0 Å². The summed E-state index contributed by atoms with van der Waals surface area (Å²) in [5.41, 5.74) is 2.59. The van der Waals surface area contributed by atoms with Gasteiger partial charge in [-0.3, -0.25) is 14.2 Å². The minimum absolute atomic E-state index is 0.0416. The Labute approximate surface area is 177 Å². The van der Waals surface area contributed by atoms with Gasteiger partial charge in [0.2, 0.25) is 5.91 Å². The number of benzene rings is 1. The molecule has 0 aliphatic carbocycles. The minimum atomic E-state index is -0.190.